The molecule has 0 spiro atoms. The fourth-order valence-corrected chi connectivity index (χ4v) is 4.06. The zero-order valence-electron chi connectivity index (χ0n) is 18.6. The number of ether oxygens (including phenoxy) is 3. The van der Waals surface area contributed by atoms with Crippen LogP contribution in [-0.2, 0) is 9.47 Å². The van der Waals surface area contributed by atoms with Crippen LogP contribution in [0.1, 0.15) is 44.2 Å². The van der Waals surface area contributed by atoms with Crippen molar-refractivity contribution in [3.05, 3.63) is 29.8 Å². The Kier molecular flexibility index (Phi) is 9.73. The van der Waals surface area contributed by atoms with Crippen molar-refractivity contribution in [2.24, 2.45) is 4.99 Å². The zero-order chi connectivity index (χ0) is 21.0. The minimum Gasteiger partial charge on any atom is -0.497 e. The SMILES string of the molecule is CCNC(=NCC(c1ccc(OC)cc1)N1CCCC1)NCCOCC1CCCO1. The average Bonchev–Trinajstić information content (AvgIpc) is 3.48. The molecule has 1 aromatic carbocycles. The molecule has 2 N–H and O–H groups in total. The molecule has 2 aliphatic heterocycles. The van der Waals surface area contributed by atoms with Crippen LogP contribution in [0.2, 0.25) is 0 Å². The van der Waals surface area contributed by atoms with Gasteiger partial charge in [0.25, 0.3) is 0 Å². The lowest BCUT2D eigenvalue weighted by atomic mass is 10.1. The number of benzene rings is 1. The van der Waals surface area contributed by atoms with Crippen molar-refractivity contribution in [2.45, 2.75) is 44.8 Å². The van der Waals surface area contributed by atoms with Crippen LogP contribution in [0, 0.1) is 0 Å². The third-order valence-corrected chi connectivity index (χ3v) is 5.72. The van der Waals surface area contributed by atoms with Gasteiger partial charge >= 0.3 is 0 Å². The largest absolute Gasteiger partial charge is 0.497 e. The molecule has 30 heavy (non-hydrogen) atoms. The average molecular weight is 419 g/mol. The highest BCUT2D eigenvalue weighted by Gasteiger charge is 2.23. The molecule has 2 fully saturated rings. The number of rotatable bonds is 11. The lowest BCUT2D eigenvalue weighted by Crippen LogP contribution is -2.40. The summed E-state index contributed by atoms with van der Waals surface area (Å²) in [7, 11) is 1.70. The van der Waals surface area contributed by atoms with Gasteiger partial charge in [0.2, 0.25) is 0 Å². The topological polar surface area (TPSA) is 67.4 Å². The molecule has 2 aliphatic rings. The summed E-state index contributed by atoms with van der Waals surface area (Å²) >= 11 is 0. The van der Waals surface area contributed by atoms with Crippen molar-refractivity contribution < 1.29 is 14.2 Å². The number of hydrogen-bond acceptors (Lipinski definition) is 5. The lowest BCUT2D eigenvalue weighted by Gasteiger charge is -2.27. The molecule has 3 rings (SSSR count). The molecule has 2 saturated heterocycles. The molecule has 168 valence electrons. The number of methoxy groups -OCH3 is 1. The van der Waals surface area contributed by atoms with Gasteiger partial charge in [-0.05, 0) is 63.4 Å². The highest BCUT2D eigenvalue weighted by molar-refractivity contribution is 5.79. The summed E-state index contributed by atoms with van der Waals surface area (Å²) in [5, 5.41) is 6.75. The van der Waals surface area contributed by atoms with E-state index in [4.69, 9.17) is 19.2 Å². The molecule has 7 heteroatoms. The Morgan fingerprint density at radius 3 is 2.67 bits per heavy atom. The van der Waals surface area contributed by atoms with Gasteiger partial charge in [-0.3, -0.25) is 9.89 Å². The van der Waals surface area contributed by atoms with Gasteiger partial charge in [-0.2, -0.15) is 0 Å². The van der Waals surface area contributed by atoms with E-state index in [0.717, 1.165) is 63.9 Å². The predicted molar refractivity (Wildman–Crippen MR) is 120 cm³/mol. The molecule has 0 radical (unpaired) electrons. The van der Waals surface area contributed by atoms with Crippen molar-refractivity contribution in [3.8, 4) is 5.75 Å². The second kappa shape index (κ2) is 12.8. The smallest absolute Gasteiger partial charge is 0.191 e. The Bertz CT molecular complexity index is 626. The second-order valence-electron chi connectivity index (χ2n) is 7.89. The van der Waals surface area contributed by atoms with Crippen molar-refractivity contribution >= 4 is 5.96 Å². The first-order valence-corrected chi connectivity index (χ1v) is 11.4. The minimum absolute atomic E-state index is 0.276. The van der Waals surface area contributed by atoms with Gasteiger partial charge in [0.05, 0.1) is 39.0 Å². The van der Waals surface area contributed by atoms with E-state index >= 15 is 0 Å². The molecule has 7 nitrogen and oxygen atoms in total. The molecule has 0 aromatic heterocycles. The molecular weight excluding hydrogens is 380 g/mol. The maximum atomic E-state index is 5.75. The number of guanidine groups is 1. The molecule has 0 bridgehead atoms. The van der Waals surface area contributed by atoms with Gasteiger partial charge in [0, 0.05) is 19.7 Å². The Balaban J connectivity index is 1.53. The number of likely N-dealkylation sites (tertiary alicyclic amines) is 1. The number of hydrogen-bond donors (Lipinski definition) is 2. The van der Waals surface area contributed by atoms with Crippen molar-refractivity contribution in [1.82, 2.24) is 15.5 Å². The first kappa shape index (κ1) is 22.8. The van der Waals surface area contributed by atoms with Crippen LogP contribution in [0.3, 0.4) is 0 Å². The third-order valence-electron chi connectivity index (χ3n) is 5.72. The summed E-state index contributed by atoms with van der Waals surface area (Å²) in [6.07, 6.45) is 5.06. The first-order valence-electron chi connectivity index (χ1n) is 11.4. The number of nitrogens with zero attached hydrogens (tertiary/aromatic N) is 2. The summed E-state index contributed by atoms with van der Waals surface area (Å²) in [6.45, 7) is 8.85. The fourth-order valence-electron chi connectivity index (χ4n) is 4.06. The Morgan fingerprint density at radius 1 is 1.20 bits per heavy atom. The monoisotopic (exact) mass is 418 g/mol. The van der Waals surface area contributed by atoms with Gasteiger partial charge in [-0.25, -0.2) is 0 Å². The third kappa shape index (κ3) is 7.15. The maximum absolute atomic E-state index is 5.75. The van der Waals surface area contributed by atoms with E-state index in [0.29, 0.717) is 13.2 Å². The molecule has 2 atom stereocenters. The standard InChI is InChI=1S/C23H38N4O3/c1-3-24-23(25-12-16-29-18-21-7-6-15-30-21)26-17-22(27-13-4-5-14-27)19-8-10-20(28-2)11-9-19/h8-11,21-22H,3-7,12-18H2,1-2H3,(H2,24,25,26). The van der Waals surface area contributed by atoms with Crippen LogP contribution in [0.25, 0.3) is 0 Å². The molecule has 0 amide bonds. The van der Waals surface area contributed by atoms with Crippen molar-refractivity contribution in [2.75, 3.05) is 59.7 Å². The van der Waals surface area contributed by atoms with E-state index in [1.165, 1.54) is 18.4 Å². The van der Waals surface area contributed by atoms with Crippen LogP contribution in [0.5, 0.6) is 5.75 Å². The molecular formula is C23H38N4O3. The predicted octanol–water partition coefficient (Wildman–Crippen LogP) is 2.58. The van der Waals surface area contributed by atoms with E-state index in [2.05, 4.69) is 34.6 Å². The van der Waals surface area contributed by atoms with E-state index in [1.54, 1.807) is 7.11 Å². The van der Waals surface area contributed by atoms with Gasteiger partial charge < -0.3 is 24.8 Å². The van der Waals surface area contributed by atoms with E-state index in [9.17, 15) is 0 Å². The van der Waals surface area contributed by atoms with Gasteiger partial charge in [0.15, 0.2) is 5.96 Å². The summed E-state index contributed by atoms with van der Waals surface area (Å²) in [5.41, 5.74) is 1.29. The van der Waals surface area contributed by atoms with Gasteiger partial charge in [0.1, 0.15) is 5.75 Å². The van der Waals surface area contributed by atoms with Crippen molar-refractivity contribution in [1.29, 1.82) is 0 Å². The maximum Gasteiger partial charge on any atom is 0.191 e. The molecule has 0 saturated carbocycles. The van der Waals surface area contributed by atoms with Gasteiger partial charge in [-0.15, -0.1) is 0 Å². The van der Waals surface area contributed by atoms with E-state index in [1.807, 2.05) is 12.1 Å². The van der Waals surface area contributed by atoms with Crippen LogP contribution in [0.15, 0.2) is 29.3 Å². The number of nitrogens with one attached hydrogen (secondary N) is 2. The summed E-state index contributed by atoms with van der Waals surface area (Å²) < 4.78 is 16.7. The quantitative estimate of drug-likeness (QED) is 0.327. The summed E-state index contributed by atoms with van der Waals surface area (Å²) in [5.74, 6) is 1.73. The first-order chi connectivity index (χ1) is 14.8. The van der Waals surface area contributed by atoms with Crippen LogP contribution >= 0.6 is 0 Å². The highest BCUT2D eigenvalue weighted by atomic mass is 16.5. The molecule has 2 heterocycles. The highest BCUT2D eigenvalue weighted by Crippen LogP contribution is 2.27. The molecule has 2 unspecified atom stereocenters. The minimum atomic E-state index is 0.276. The Hall–Kier alpha value is -1.83. The Morgan fingerprint density at radius 2 is 2.00 bits per heavy atom. The summed E-state index contributed by atoms with van der Waals surface area (Å²) in [4.78, 5) is 7.43. The van der Waals surface area contributed by atoms with Crippen LogP contribution < -0.4 is 15.4 Å². The molecule has 0 aliphatic carbocycles. The Labute approximate surface area is 181 Å². The van der Waals surface area contributed by atoms with Gasteiger partial charge in [-0.1, -0.05) is 12.1 Å². The number of aliphatic imine (C=N–C) groups is 1. The van der Waals surface area contributed by atoms with Crippen molar-refractivity contribution in [3.63, 3.8) is 0 Å². The lowest BCUT2D eigenvalue weighted by molar-refractivity contribution is 0.0191. The second-order valence-corrected chi connectivity index (χ2v) is 7.89. The normalized spacial score (nSPS) is 21.0. The van der Waals surface area contributed by atoms with E-state index < -0.39 is 0 Å². The summed E-state index contributed by atoms with van der Waals surface area (Å²) in [6, 6.07) is 8.69. The zero-order valence-corrected chi connectivity index (χ0v) is 18.6. The van der Waals surface area contributed by atoms with E-state index in [-0.39, 0.29) is 12.1 Å². The van der Waals surface area contributed by atoms with Crippen LogP contribution in [0.4, 0.5) is 0 Å². The van der Waals surface area contributed by atoms with Crippen LogP contribution in [-0.4, -0.2) is 76.6 Å². The molecule has 1 aromatic rings. The fraction of sp³-hybridized carbons (Fsp3) is 0.696.